The molecule has 3 N–H and O–H groups in total. The number of aromatic nitrogens is 4. The summed E-state index contributed by atoms with van der Waals surface area (Å²) in [7, 11) is 1.90. The summed E-state index contributed by atoms with van der Waals surface area (Å²) in [4.78, 5) is 46.6. The Kier molecular flexibility index (Phi) is 8.03. The summed E-state index contributed by atoms with van der Waals surface area (Å²) < 4.78 is 3.25. The molecule has 182 valence electrons. The number of rotatable bonds is 9. The Labute approximate surface area is 203 Å². The lowest BCUT2D eigenvalue weighted by atomic mass is 10.2. The lowest BCUT2D eigenvalue weighted by Crippen LogP contribution is -2.43. The van der Waals surface area contributed by atoms with Crippen LogP contribution in [0.5, 0.6) is 0 Å². The Balaban J connectivity index is 1.89. The van der Waals surface area contributed by atoms with Crippen molar-refractivity contribution in [1.82, 2.24) is 19.1 Å². The predicted octanol–water partition coefficient (Wildman–Crippen LogP) is 2.96. The standard InChI is InChI=1S/C24H32N6O3S/c1-15(2)12-29(20-21(25)30(13-16(3)4)23(33)27-22(20)32)19(31)14-34-24-26-11-18(28(24)5)17-9-7-6-8-10-17/h6-11,15-16H,12-14,25H2,1-5H3,(H,27,32,33). The summed E-state index contributed by atoms with van der Waals surface area (Å²) in [6, 6.07) is 9.88. The van der Waals surface area contributed by atoms with E-state index in [-0.39, 0.29) is 35.0 Å². The van der Waals surface area contributed by atoms with Crippen LogP contribution in [0.25, 0.3) is 11.3 Å². The molecular weight excluding hydrogens is 452 g/mol. The highest BCUT2D eigenvalue weighted by atomic mass is 32.2. The number of nitrogens with zero attached hydrogens (tertiary/aromatic N) is 4. The first-order valence-electron chi connectivity index (χ1n) is 11.2. The maximum Gasteiger partial charge on any atom is 0.330 e. The zero-order valence-electron chi connectivity index (χ0n) is 20.2. The minimum atomic E-state index is -0.662. The number of hydrogen-bond acceptors (Lipinski definition) is 6. The Morgan fingerprint density at radius 1 is 1.15 bits per heavy atom. The van der Waals surface area contributed by atoms with Crippen LogP contribution in [0.4, 0.5) is 11.5 Å². The molecule has 0 unspecified atom stereocenters. The van der Waals surface area contributed by atoms with E-state index in [0.29, 0.717) is 18.2 Å². The van der Waals surface area contributed by atoms with Crippen LogP contribution in [0.15, 0.2) is 51.3 Å². The fourth-order valence-electron chi connectivity index (χ4n) is 3.68. The van der Waals surface area contributed by atoms with E-state index in [0.717, 1.165) is 11.3 Å². The van der Waals surface area contributed by atoms with Crippen molar-refractivity contribution in [2.45, 2.75) is 39.4 Å². The average molecular weight is 485 g/mol. The topological polar surface area (TPSA) is 119 Å². The number of benzene rings is 1. The zero-order chi connectivity index (χ0) is 25.0. The van der Waals surface area contributed by atoms with Crippen molar-refractivity contribution in [3.05, 3.63) is 57.4 Å². The summed E-state index contributed by atoms with van der Waals surface area (Å²) in [5.41, 5.74) is 7.02. The molecule has 1 aromatic carbocycles. The zero-order valence-corrected chi connectivity index (χ0v) is 21.1. The molecular formula is C24H32N6O3S. The number of nitrogen functional groups attached to an aromatic ring is 1. The van der Waals surface area contributed by atoms with Crippen LogP contribution >= 0.6 is 11.8 Å². The lowest BCUT2D eigenvalue weighted by Gasteiger charge is -2.26. The van der Waals surface area contributed by atoms with Crippen LogP contribution in [0, 0.1) is 11.8 Å². The van der Waals surface area contributed by atoms with Crippen molar-refractivity contribution in [3.8, 4) is 11.3 Å². The number of imidazole rings is 1. The largest absolute Gasteiger partial charge is 0.383 e. The average Bonchev–Trinajstić information content (AvgIpc) is 3.14. The smallest absolute Gasteiger partial charge is 0.330 e. The summed E-state index contributed by atoms with van der Waals surface area (Å²) in [6.07, 6.45) is 1.78. The highest BCUT2D eigenvalue weighted by Gasteiger charge is 2.26. The summed E-state index contributed by atoms with van der Waals surface area (Å²) in [6.45, 7) is 8.42. The van der Waals surface area contributed by atoms with Gasteiger partial charge in [0.2, 0.25) is 5.91 Å². The number of anilines is 2. The van der Waals surface area contributed by atoms with Crippen molar-refractivity contribution >= 4 is 29.2 Å². The number of amides is 1. The molecule has 0 radical (unpaired) electrons. The van der Waals surface area contributed by atoms with Gasteiger partial charge in [-0.3, -0.25) is 19.1 Å². The van der Waals surface area contributed by atoms with Gasteiger partial charge in [0.1, 0.15) is 5.82 Å². The SMILES string of the molecule is CC(C)CN(C(=O)CSc1ncc(-c2ccccc2)n1C)c1c(N)n(CC(C)C)c(=O)[nH]c1=O. The van der Waals surface area contributed by atoms with Crippen LogP contribution in [-0.4, -0.2) is 37.3 Å². The predicted molar refractivity (Wildman–Crippen MR) is 137 cm³/mol. The Hall–Kier alpha value is -3.27. The maximum atomic E-state index is 13.3. The molecule has 9 nitrogen and oxygen atoms in total. The van der Waals surface area contributed by atoms with Crippen molar-refractivity contribution in [2.75, 3.05) is 22.9 Å². The van der Waals surface area contributed by atoms with E-state index >= 15 is 0 Å². The number of aromatic amines is 1. The molecule has 3 rings (SSSR count). The molecule has 34 heavy (non-hydrogen) atoms. The van der Waals surface area contributed by atoms with Gasteiger partial charge in [-0.2, -0.15) is 0 Å². The third-order valence-electron chi connectivity index (χ3n) is 5.22. The number of H-pyrrole nitrogens is 1. The fraction of sp³-hybridized carbons (Fsp3) is 0.417. The minimum absolute atomic E-state index is 0.00445. The maximum absolute atomic E-state index is 13.3. The quantitative estimate of drug-likeness (QED) is 0.451. The van der Waals surface area contributed by atoms with Crippen LogP contribution < -0.4 is 21.9 Å². The molecule has 0 bridgehead atoms. The van der Waals surface area contributed by atoms with E-state index < -0.39 is 11.2 Å². The van der Waals surface area contributed by atoms with Gasteiger partial charge < -0.3 is 15.2 Å². The summed E-state index contributed by atoms with van der Waals surface area (Å²) in [5.74, 6) is -0.00451. The second kappa shape index (κ2) is 10.8. The van der Waals surface area contributed by atoms with Gasteiger partial charge in [-0.05, 0) is 17.4 Å². The van der Waals surface area contributed by atoms with Gasteiger partial charge >= 0.3 is 5.69 Å². The fourth-order valence-corrected chi connectivity index (χ4v) is 4.50. The number of thioether (sulfide) groups is 1. The van der Waals surface area contributed by atoms with E-state index in [1.807, 2.05) is 69.6 Å². The molecule has 2 heterocycles. The molecule has 0 spiro atoms. The van der Waals surface area contributed by atoms with E-state index in [1.165, 1.54) is 21.2 Å². The van der Waals surface area contributed by atoms with E-state index in [1.54, 1.807) is 6.20 Å². The number of carbonyl (C=O) groups excluding carboxylic acids is 1. The van der Waals surface area contributed by atoms with Gasteiger partial charge in [-0.15, -0.1) is 0 Å². The number of nitrogens with one attached hydrogen (secondary N) is 1. The van der Waals surface area contributed by atoms with Gasteiger partial charge in [0, 0.05) is 20.1 Å². The molecule has 0 atom stereocenters. The summed E-state index contributed by atoms with van der Waals surface area (Å²) in [5, 5.41) is 0.684. The Bertz CT molecular complexity index is 1260. The van der Waals surface area contributed by atoms with Crippen molar-refractivity contribution in [2.24, 2.45) is 18.9 Å². The highest BCUT2D eigenvalue weighted by molar-refractivity contribution is 7.99. The van der Waals surface area contributed by atoms with Gasteiger partial charge in [-0.1, -0.05) is 69.8 Å². The van der Waals surface area contributed by atoms with Crippen LogP contribution in [0.2, 0.25) is 0 Å². The number of carbonyl (C=O) groups is 1. The minimum Gasteiger partial charge on any atom is -0.383 e. The molecule has 0 saturated carbocycles. The third kappa shape index (κ3) is 5.61. The van der Waals surface area contributed by atoms with Crippen molar-refractivity contribution in [1.29, 1.82) is 0 Å². The van der Waals surface area contributed by atoms with Crippen LogP contribution in [0.1, 0.15) is 27.7 Å². The first-order valence-corrected chi connectivity index (χ1v) is 12.2. The molecule has 0 aliphatic rings. The molecule has 0 saturated heterocycles. The molecule has 0 aliphatic heterocycles. The van der Waals surface area contributed by atoms with Crippen molar-refractivity contribution < 1.29 is 4.79 Å². The third-order valence-corrected chi connectivity index (χ3v) is 6.25. The molecule has 2 aromatic heterocycles. The second-order valence-electron chi connectivity index (χ2n) is 9.04. The van der Waals surface area contributed by atoms with E-state index in [9.17, 15) is 14.4 Å². The Morgan fingerprint density at radius 3 is 2.44 bits per heavy atom. The number of hydrogen-bond donors (Lipinski definition) is 2. The molecule has 0 aliphatic carbocycles. The van der Waals surface area contributed by atoms with E-state index in [4.69, 9.17) is 5.73 Å². The monoisotopic (exact) mass is 484 g/mol. The van der Waals surface area contributed by atoms with Gasteiger partial charge in [-0.25, -0.2) is 9.78 Å². The van der Waals surface area contributed by atoms with Crippen molar-refractivity contribution in [3.63, 3.8) is 0 Å². The van der Waals surface area contributed by atoms with Crippen LogP contribution in [-0.2, 0) is 18.4 Å². The molecule has 10 heteroatoms. The first-order chi connectivity index (χ1) is 16.1. The summed E-state index contributed by atoms with van der Waals surface area (Å²) >= 11 is 1.29. The van der Waals surface area contributed by atoms with Gasteiger partial charge in [0.25, 0.3) is 5.56 Å². The normalized spacial score (nSPS) is 11.4. The van der Waals surface area contributed by atoms with E-state index in [2.05, 4.69) is 9.97 Å². The molecule has 3 aromatic rings. The van der Waals surface area contributed by atoms with Gasteiger partial charge in [0.15, 0.2) is 10.8 Å². The van der Waals surface area contributed by atoms with Gasteiger partial charge in [0.05, 0.1) is 17.6 Å². The second-order valence-corrected chi connectivity index (χ2v) is 9.98. The lowest BCUT2D eigenvalue weighted by molar-refractivity contribution is -0.116. The Morgan fingerprint density at radius 2 is 1.82 bits per heavy atom. The number of nitrogens with two attached hydrogens (primary N) is 1. The highest BCUT2D eigenvalue weighted by Crippen LogP contribution is 2.26. The molecule has 0 fully saturated rings. The van der Waals surface area contributed by atoms with Crippen LogP contribution in [0.3, 0.4) is 0 Å². The molecule has 1 amide bonds. The first kappa shape index (κ1) is 25.4.